The summed E-state index contributed by atoms with van der Waals surface area (Å²) in [4.78, 5) is 12.1. The number of carbonyl (C=O) groups is 1. The molecule has 1 fully saturated rings. The van der Waals surface area contributed by atoms with Crippen molar-refractivity contribution in [3.05, 3.63) is 34.9 Å². The number of benzene rings is 1. The van der Waals surface area contributed by atoms with E-state index in [1.165, 1.54) is 16.7 Å². The second-order valence-corrected chi connectivity index (χ2v) is 5.28. The minimum Gasteiger partial charge on any atom is -0.349 e. The van der Waals surface area contributed by atoms with Gasteiger partial charge in [-0.05, 0) is 44.9 Å². The number of rotatable bonds is 3. The number of hydrogen-bond donors (Lipinski definition) is 2. The smallest absolute Gasteiger partial charge is 0.224 e. The fourth-order valence-corrected chi connectivity index (χ4v) is 2.51. The van der Waals surface area contributed by atoms with E-state index in [-0.39, 0.29) is 17.9 Å². The van der Waals surface area contributed by atoms with Gasteiger partial charge in [-0.3, -0.25) is 4.79 Å². The molecule has 0 bridgehead atoms. The monoisotopic (exact) mass is 246 g/mol. The van der Waals surface area contributed by atoms with Crippen molar-refractivity contribution in [3.63, 3.8) is 0 Å². The van der Waals surface area contributed by atoms with Crippen LogP contribution in [0.25, 0.3) is 0 Å². The molecule has 18 heavy (non-hydrogen) atoms. The minimum absolute atomic E-state index is 0.0815. The van der Waals surface area contributed by atoms with E-state index >= 15 is 0 Å². The summed E-state index contributed by atoms with van der Waals surface area (Å²) < 4.78 is 0. The van der Waals surface area contributed by atoms with Gasteiger partial charge in [-0.25, -0.2) is 0 Å². The standard InChI is InChI=1S/C15H22N2O/c1-10-4-5-11(2)14(8-10)12(3)17-15(18)13-6-7-16-9-13/h4-5,8,12-13,16H,6-7,9H2,1-3H3,(H,17,18). The van der Waals surface area contributed by atoms with Crippen molar-refractivity contribution < 1.29 is 4.79 Å². The van der Waals surface area contributed by atoms with Gasteiger partial charge in [0.2, 0.25) is 5.91 Å². The van der Waals surface area contributed by atoms with Gasteiger partial charge in [-0.15, -0.1) is 0 Å². The maximum absolute atomic E-state index is 12.1. The van der Waals surface area contributed by atoms with Crippen molar-refractivity contribution in [2.75, 3.05) is 13.1 Å². The number of nitrogens with one attached hydrogen (secondary N) is 2. The highest BCUT2D eigenvalue weighted by atomic mass is 16.2. The lowest BCUT2D eigenvalue weighted by Crippen LogP contribution is -2.34. The molecule has 1 aliphatic heterocycles. The van der Waals surface area contributed by atoms with Crippen LogP contribution in [0.3, 0.4) is 0 Å². The van der Waals surface area contributed by atoms with Crippen molar-refractivity contribution in [3.8, 4) is 0 Å². The quantitative estimate of drug-likeness (QED) is 0.857. The molecule has 0 aliphatic carbocycles. The molecule has 3 heteroatoms. The van der Waals surface area contributed by atoms with Crippen LogP contribution in [0.2, 0.25) is 0 Å². The van der Waals surface area contributed by atoms with E-state index in [1.54, 1.807) is 0 Å². The summed E-state index contributed by atoms with van der Waals surface area (Å²) in [6.07, 6.45) is 0.950. The molecule has 1 saturated heterocycles. The Morgan fingerprint density at radius 2 is 2.22 bits per heavy atom. The van der Waals surface area contributed by atoms with Crippen LogP contribution < -0.4 is 10.6 Å². The fraction of sp³-hybridized carbons (Fsp3) is 0.533. The second kappa shape index (κ2) is 5.53. The van der Waals surface area contributed by atoms with Crippen LogP contribution >= 0.6 is 0 Å². The molecule has 1 amide bonds. The number of amides is 1. The molecule has 0 spiro atoms. The average molecular weight is 246 g/mol. The van der Waals surface area contributed by atoms with E-state index in [4.69, 9.17) is 0 Å². The van der Waals surface area contributed by atoms with Crippen molar-refractivity contribution >= 4 is 5.91 Å². The average Bonchev–Trinajstić information content (AvgIpc) is 2.85. The molecule has 1 aromatic rings. The van der Waals surface area contributed by atoms with Crippen LogP contribution in [0.1, 0.15) is 36.1 Å². The Morgan fingerprint density at radius 1 is 1.44 bits per heavy atom. The van der Waals surface area contributed by atoms with Gasteiger partial charge < -0.3 is 10.6 Å². The molecule has 1 aromatic carbocycles. The minimum atomic E-state index is 0.0815. The van der Waals surface area contributed by atoms with Crippen molar-refractivity contribution in [2.45, 2.75) is 33.2 Å². The van der Waals surface area contributed by atoms with Gasteiger partial charge >= 0.3 is 0 Å². The Labute approximate surface area is 109 Å². The Bertz CT molecular complexity index is 436. The molecule has 3 nitrogen and oxygen atoms in total. The molecule has 0 saturated carbocycles. The third-order valence-corrected chi connectivity index (χ3v) is 3.69. The Kier molecular flexibility index (Phi) is 4.02. The molecule has 2 atom stereocenters. The molecule has 1 heterocycles. The van der Waals surface area contributed by atoms with Gasteiger partial charge in [0.05, 0.1) is 12.0 Å². The first-order chi connectivity index (χ1) is 8.58. The first-order valence-electron chi connectivity index (χ1n) is 6.66. The van der Waals surface area contributed by atoms with E-state index < -0.39 is 0 Å². The maximum Gasteiger partial charge on any atom is 0.224 e. The van der Waals surface area contributed by atoms with Crippen LogP contribution in [0, 0.1) is 19.8 Å². The highest BCUT2D eigenvalue weighted by Crippen LogP contribution is 2.20. The summed E-state index contributed by atoms with van der Waals surface area (Å²) in [7, 11) is 0. The summed E-state index contributed by atoms with van der Waals surface area (Å²) >= 11 is 0. The summed E-state index contributed by atoms with van der Waals surface area (Å²) in [6, 6.07) is 6.46. The third kappa shape index (κ3) is 2.91. The van der Waals surface area contributed by atoms with E-state index in [1.807, 2.05) is 0 Å². The Hall–Kier alpha value is -1.35. The molecule has 0 radical (unpaired) electrons. The van der Waals surface area contributed by atoms with E-state index in [9.17, 15) is 4.79 Å². The lowest BCUT2D eigenvalue weighted by Gasteiger charge is -2.19. The van der Waals surface area contributed by atoms with Gasteiger partial charge in [-0.2, -0.15) is 0 Å². The first-order valence-corrected chi connectivity index (χ1v) is 6.66. The SMILES string of the molecule is Cc1ccc(C)c(C(C)NC(=O)C2CCNC2)c1. The lowest BCUT2D eigenvalue weighted by atomic mass is 9.99. The summed E-state index contributed by atoms with van der Waals surface area (Å²) in [5.74, 6) is 0.311. The molecule has 1 aliphatic rings. The molecule has 2 unspecified atom stereocenters. The zero-order valence-electron chi connectivity index (χ0n) is 11.4. The highest BCUT2D eigenvalue weighted by molar-refractivity contribution is 5.79. The summed E-state index contributed by atoms with van der Waals surface area (Å²) in [5.41, 5.74) is 3.69. The van der Waals surface area contributed by atoms with Crippen LogP contribution in [0.4, 0.5) is 0 Å². The molecular weight excluding hydrogens is 224 g/mol. The van der Waals surface area contributed by atoms with Crippen molar-refractivity contribution in [2.24, 2.45) is 5.92 Å². The van der Waals surface area contributed by atoms with E-state index in [0.717, 1.165) is 19.5 Å². The number of aryl methyl sites for hydroxylation is 2. The van der Waals surface area contributed by atoms with Gasteiger partial charge in [-0.1, -0.05) is 23.8 Å². The first kappa shape index (κ1) is 13.1. The van der Waals surface area contributed by atoms with Crippen molar-refractivity contribution in [1.82, 2.24) is 10.6 Å². The Morgan fingerprint density at radius 3 is 2.89 bits per heavy atom. The largest absolute Gasteiger partial charge is 0.349 e. The van der Waals surface area contributed by atoms with Gasteiger partial charge in [0, 0.05) is 6.54 Å². The summed E-state index contributed by atoms with van der Waals surface area (Å²) in [5, 5.41) is 6.35. The van der Waals surface area contributed by atoms with E-state index in [0.29, 0.717) is 0 Å². The molecule has 2 rings (SSSR count). The van der Waals surface area contributed by atoms with Gasteiger partial charge in [0.15, 0.2) is 0 Å². The van der Waals surface area contributed by atoms with Crippen LogP contribution in [-0.4, -0.2) is 19.0 Å². The molecule has 2 N–H and O–H groups in total. The van der Waals surface area contributed by atoms with E-state index in [2.05, 4.69) is 49.6 Å². The zero-order chi connectivity index (χ0) is 13.1. The number of hydrogen-bond acceptors (Lipinski definition) is 2. The van der Waals surface area contributed by atoms with Crippen molar-refractivity contribution in [1.29, 1.82) is 0 Å². The lowest BCUT2D eigenvalue weighted by molar-refractivity contribution is -0.125. The molecule has 98 valence electrons. The van der Waals surface area contributed by atoms with Crippen LogP contribution in [0.5, 0.6) is 0 Å². The fourth-order valence-electron chi connectivity index (χ4n) is 2.51. The predicted molar refractivity (Wildman–Crippen MR) is 73.5 cm³/mol. The third-order valence-electron chi connectivity index (χ3n) is 3.69. The maximum atomic E-state index is 12.1. The number of carbonyl (C=O) groups excluding carboxylic acids is 1. The van der Waals surface area contributed by atoms with Gasteiger partial charge in [0.25, 0.3) is 0 Å². The van der Waals surface area contributed by atoms with Crippen LogP contribution in [0.15, 0.2) is 18.2 Å². The second-order valence-electron chi connectivity index (χ2n) is 5.28. The zero-order valence-corrected chi connectivity index (χ0v) is 11.4. The van der Waals surface area contributed by atoms with Crippen LogP contribution in [-0.2, 0) is 4.79 Å². The molecule has 0 aromatic heterocycles. The molecular formula is C15H22N2O. The summed E-state index contributed by atoms with van der Waals surface area (Å²) in [6.45, 7) is 8.00. The topological polar surface area (TPSA) is 41.1 Å². The normalized spacial score (nSPS) is 20.7. The predicted octanol–water partition coefficient (Wildman–Crippen LogP) is 2.09. The highest BCUT2D eigenvalue weighted by Gasteiger charge is 2.23. The Balaban J connectivity index is 2.04. The van der Waals surface area contributed by atoms with Gasteiger partial charge in [0.1, 0.15) is 0 Å².